The van der Waals surface area contributed by atoms with Crippen LogP contribution in [0.3, 0.4) is 0 Å². The van der Waals surface area contributed by atoms with Crippen molar-refractivity contribution in [3.8, 4) is 0 Å². The molecule has 0 saturated carbocycles. The summed E-state index contributed by atoms with van der Waals surface area (Å²) in [4.78, 5) is 21.9. The summed E-state index contributed by atoms with van der Waals surface area (Å²) in [5.74, 6) is -0.113. The molecule has 1 rings (SSSR count). The maximum atomic E-state index is 11.5. The second-order valence-corrected chi connectivity index (χ2v) is 3.26. The van der Waals surface area contributed by atoms with Gasteiger partial charge in [-0.1, -0.05) is 0 Å². The lowest BCUT2D eigenvalue weighted by atomic mass is 10.1. The number of rotatable bonds is 3. The molecule has 0 aliphatic heterocycles. The fourth-order valence-corrected chi connectivity index (χ4v) is 1.30. The number of aryl methyl sites for hydroxylation is 2. The molecule has 0 aromatic carbocycles. The lowest BCUT2D eigenvalue weighted by Crippen LogP contribution is -2.21. The number of hydrogen-bond donors (Lipinski definition) is 1. The fourth-order valence-electron chi connectivity index (χ4n) is 1.30. The van der Waals surface area contributed by atoms with Gasteiger partial charge in [-0.15, -0.1) is 0 Å². The number of carbonyl (C=O) groups excluding carboxylic acids is 2. The number of amides is 1. The number of nitrogens with two attached hydrogens (primary N) is 1. The molecule has 0 bridgehead atoms. The molecule has 0 fully saturated rings. The molecule has 0 saturated heterocycles. The number of furan rings is 1. The van der Waals surface area contributed by atoms with Crippen molar-refractivity contribution in [2.45, 2.75) is 20.8 Å². The minimum Gasteiger partial charge on any atom is -0.465 e. The zero-order valence-corrected chi connectivity index (χ0v) is 8.92. The molecule has 0 aliphatic carbocycles. The first kappa shape index (κ1) is 11.3. The van der Waals surface area contributed by atoms with Gasteiger partial charge in [0.2, 0.25) is 0 Å². The topological polar surface area (TPSA) is 82.5 Å². The Hall–Kier alpha value is -1.78. The van der Waals surface area contributed by atoms with Crippen molar-refractivity contribution < 1.29 is 18.7 Å². The Morgan fingerprint density at radius 2 is 1.87 bits per heavy atom. The number of esters is 1. The summed E-state index contributed by atoms with van der Waals surface area (Å²) in [6, 6.07) is 0. The second-order valence-electron chi connectivity index (χ2n) is 3.26. The summed E-state index contributed by atoms with van der Waals surface area (Å²) in [6.45, 7) is 4.77. The van der Waals surface area contributed by atoms with Crippen molar-refractivity contribution in [2.75, 3.05) is 6.61 Å². The number of ether oxygens (including phenoxy) is 1. The third kappa shape index (κ3) is 2.37. The van der Waals surface area contributed by atoms with E-state index in [2.05, 4.69) is 0 Å². The smallest absolute Gasteiger partial charge is 0.342 e. The highest BCUT2D eigenvalue weighted by atomic mass is 16.5. The summed E-state index contributed by atoms with van der Waals surface area (Å²) in [7, 11) is 0. The van der Waals surface area contributed by atoms with Crippen molar-refractivity contribution in [3.63, 3.8) is 0 Å². The van der Waals surface area contributed by atoms with Crippen molar-refractivity contribution in [2.24, 2.45) is 5.73 Å². The maximum absolute atomic E-state index is 11.5. The van der Waals surface area contributed by atoms with Crippen LogP contribution in [0.1, 0.15) is 27.4 Å². The predicted octanol–water partition coefficient (Wildman–Crippen LogP) is 0.847. The van der Waals surface area contributed by atoms with Gasteiger partial charge in [0.05, 0.1) is 0 Å². The molecule has 5 heteroatoms. The van der Waals surface area contributed by atoms with E-state index in [1.54, 1.807) is 20.8 Å². The van der Waals surface area contributed by atoms with Gasteiger partial charge in [0.25, 0.3) is 5.91 Å². The highest BCUT2D eigenvalue weighted by Crippen LogP contribution is 2.21. The van der Waals surface area contributed by atoms with E-state index in [0.717, 1.165) is 5.56 Å². The molecule has 5 nitrogen and oxygen atoms in total. The molecule has 0 radical (unpaired) electrons. The molecular formula is C10H13NO4. The molecule has 0 aliphatic rings. The van der Waals surface area contributed by atoms with E-state index < -0.39 is 18.5 Å². The normalized spacial score (nSPS) is 10.1. The minimum absolute atomic E-state index is 0.369. The summed E-state index contributed by atoms with van der Waals surface area (Å²) < 4.78 is 9.95. The van der Waals surface area contributed by atoms with Gasteiger partial charge >= 0.3 is 5.97 Å². The lowest BCUT2D eigenvalue weighted by Gasteiger charge is -2.01. The van der Waals surface area contributed by atoms with Crippen LogP contribution in [0.2, 0.25) is 0 Å². The molecule has 0 atom stereocenters. The number of carbonyl (C=O) groups is 2. The van der Waals surface area contributed by atoms with Gasteiger partial charge in [-0.2, -0.15) is 0 Å². The predicted molar refractivity (Wildman–Crippen MR) is 52.4 cm³/mol. The molecule has 0 spiro atoms. The highest BCUT2D eigenvalue weighted by Gasteiger charge is 2.20. The summed E-state index contributed by atoms with van der Waals surface area (Å²) in [5, 5.41) is 0. The first-order chi connectivity index (χ1) is 6.93. The summed E-state index contributed by atoms with van der Waals surface area (Å²) in [5.41, 5.74) is 5.95. The summed E-state index contributed by atoms with van der Waals surface area (Å²) in [6.07, 6.45) is 0. The summed E-state index contributed by atoms with van der Waals surface area (Å²) >= 11 is 0. The molecule has 0 unspecified atom stereocenters. The molecule has 1 aromatic heterocycles. The Bertz CT molecular complexity index is 406. The average Bonchev–Trinajstić information content (AvgIpc) is 2.37. The van der Waals surface area contributed by atoms with Crippen molar-refractivity contribution in [3.05, 3.63) is 22.6 Å². The highest BCUT2D eigenvalue weighted by molar-refractivity contribution is 5.93. The van der Waals surface area contributed by atoms with Crippen LogP contribution in [0.5, 0.6) is 0 Å². The first-order valence-electron chi connectivity index (χ1n) is 4.45. The standard InChI is InChI=1S/C10H13NO4/c1-5-6(2)15-7(3)9(5)10(13)14-4-8(11)12/h4H2,1-3H3,(H2,11,12). The van der Waals surface area contributed by atoms with Crippen LogP contribution in [0.4, 0.5) is 0 Å². The van der Waals surface area contributed by atoms with Gasteiger partial charge < -0.3 is 14.9 Å². The van der Waals surface area contributed by atoms with E-state index in [1.165, 1.54) is 0 Å². The van der Waals surface area contributed by atoms with Gasteiger partial charge in [-0.05, 0) is 20.8 Å². The molecule has 1 amide bonds. The molecule has 15 heavy (non-hydrogen) atoms. The third-order valence-electron chi connectivity index (χ3n) is 2.11. The van der Waals surface area contributed by atoms with E-state index in [0.29, 0.717) is 17.1 Å². The third-order valence-corrected chi connectivity index (χ3v) is 2.11. The second kappa shape index (κ2) is 4.16. The van der Waals surface area contributed by atoms with Crippen LogP contribution in [-0.2, 0) is 9.53 Å². The lowest BCUT2D eigenvalue weighted by molar-refractivity contribution is -0.121. The van der Waals surface area contributed by atoms with Gasteiger partial charge in [0, 0.05) is 5.56 Å². The average molecular weight is 211 g/mol. The van der Waals surface area contributed by atoms with Crippen LogP contribution >= 0.6 is 0 Å². The quantitative estimate of drug-likeness (QED) is 0.751. The first-order valence-corrected chi connectivity index (χ1v) is 4.45. The van der Waals surface area contributed by atoms with Crippen LogP contribution in [0.15, 0.2) is 4.42 Å². The van der Waals surface area contributed by atoms with E-state index >= 15 is 0 Å². The monoisotopic (exact) mass is 211 g/mol. The van der Waals surface area contributed by atoms with E-state index in [-0.39, 0.29) is 0 Å². The molecule has 82 valence electrons. The van der Waals surface area contributed by atoms with Crippen molar-refractivity contribution in [1.82, 2.24) is 0 Å². The van der Waals surface area contributed by atoms with Crippen LogP contribution in [-0.4, -0.2) is 18.5 Å². The Balaban J connectivity index is 2.86. The van der Waals surface area contributed by atoms with Gasteiger partial charge in [-0.25, -0.2) is 4.79 Å². The van der Waals surface area contributed by atoms with Crippen LogP contribution < -0.4 is 5.73 Å². The molecule has 2 N–H and O–H groups in total. The Morgan fingerprint density at radius 3 is 2.27 bits per heavy atom. The Kier molecular flexibility index (Phi) is 3.14. The number of hydrogen-bond acceptors (Lipinski definition) is 4. The maximum Gasteiger partial charge on any atom is 0.342 e. The van der Waals surface area contributed by atoms with Crippen molar-refractivity contribution >= 4 is 11.9 Å². The van der Waals surface area contributed by atoms with E-state index in [9.17, 15) is 9.59 Å². The SMILES string of the molecule is Cc1oc(C)c(C(=O)OCC(N)=O)c1C. The Labute approximate surface area is 87.2 Å². The van der Waals surface area contributed by atoms with Gasteiger partial charge in [-0.3, -0.25) is 4.79 Å². The number of primary amides is 1. The zero-order valence-electron chi connectivity index (χ0n) is 8.92. The van der Waals surface area contributed by atoms with Crippen LogP contribution in [0, 0.1) is 20.8 Å². The molecular weight excluding hydrogens is 198 g/mol. The Morgan fingerprint density at radius 1 is 1.27 bits per heavy atom. The van der Waals surface area contributed by atoms with E-state index in [1.807, 2.05) is 0 Å². The minimum atomic E-state index is -0.682. The molecule has 1 aromatic rings. The van der Waals surface area contributed by atoms with Crippen molar-refractivity contribution in [1.29, 1.82) is 0 Å². The van der Waals surface area contributed by atoms with Gasteiger partial charge in [0.15, 0.2) is 6.61 Å². The fraction of sp³-hybridized carbons (Fsp3) is 0.400. The van der Waals surface area contributed by atoms with E-state index in [4.69, 9.17) is 14.9 Å². The largest absolute Gasteiger partial charge is 0.465 e. The van der Waals surface area contributed by atoms with Gasteiger partial charge in [0.1, 0.15) is 17.1 Å². The zero-order chi connectivity index (χ0) is 11.6. The molecule has 1 heterocycles. The van der Waals surface area contributed by atoms with Crippen LogP contribution in [0.25, 0.3) is 0 Å².